The number of piperazine rings is 1. The van der Waals surface area contributed by atoms with E-state index in [4.69, 9.17) is 4.74 Å². The van der Waals surface area contributed by atoms with Crippen molar-refractivity contribution in [3.8, 4) is 0 Å². The number of rotatable bonds is 9. The Kier molecular flexibility index (Phi) is 9.05. The maximum absolute atomic E-state index is 13.2. The Labute approximate surface area is 221 Å². The number of nitrogens with one attached hydrogen (secondary N) is 2. The van der Waals surface area contributed by atoms with E-state index in [1.165, 1.54) is 5.56 Å². The third-order valence-electron chi connectivity index (χ3n) is 6.20. The minimum absolute atomic E-state index is 0.213. The van der Waals surface area contributed by atoms with Crippen LogP contribution in [0.4, 0.5) is 10.7 Å². The van der Waals surface area contributed by atoms with E-state index >= 15 is 0 Å². The summed E-state index contributed by atoms with van der Waals surface area (Å²) in [4.78, 5) is 43.5. The monoisotopic (exact) mass is 520 g/mol. The van der Waals surface area contributed by atoms with Crippen molar-refractivity contribution in [3.05, 3.63) is 82.2 Å². The van der Waals surface area contributed by atoms with Gasteiger partial charge in [-0.25, -0.2) is 4.79 Å². The summed E-state index contributed by atoms with van der Waals surface area (Å²) in [7, 11) is 0. The molecule has 1 aromatic heterocycles. The number of carbonyl (C=O) groups excluding carboxylic acids is 3. The molecule has 0 atom stereocenters. The number of amides is 2. The van der Waals surface area contributed by atoms with Crippen LogP contribution >= 0.6 is 11.3 Å². The highest BCUT2D eigenvalue weighted by Crippen LogP contribution is 2.34. The van der Waals surface area contributed by atoms with Crippen LogP contribution in [0.1, 0.15) is 38.1 Å². The predicted molar refractivity (Wildman–Crippen MR) is 146 cm³/mol. The first kappa shape index (κ1) is 26.5. The van der Waals surface area contributed by atoms with Crippen molar-refractivity contribution in [2.45, 2.75) is 20.4 Å². The summed E-state index contributed by atoms with van der Waals surface area (Å²) in [5, 5.41) is 6.09. The number of ether oxygens (including phenoxy) is 1. The van der Waals surface area contributed by atoms with Gasteiger partial charge < -0.3 is 15.4 Å². The van der Waals surface area contributed by atoms with E-state index in [2.05, 4.69) is 32.6 Å². The molecule has 0 aliphatic carbocycles. The van der Waals surface area contributed by atoms with E-state index in [1.807, 2.05) is 36.4 Å². The third kappa shape index (κ3) is 7.03. The van der Waals surface area contributed by atoms with Crippen LogP contribution in [0, 0.1) is 6.92 Å². The van der Waals surface area contributed by atoms with E-state index < -0.39 is 5.97 Å². The van der Waals surface area contributed by atoms with Gasteiger partial charge in [0, 0.05) is 38.4 Å². The molecule has 1 aliphatic heterocycles. The Morgan fingerprint density at radius 1 is 0.892 bits per heavy atom. The smallest absolute Gasteiger partial charge is 0.348 e. The Bertz CT molecular complexity index is 1220. The number of benzene rings is 2. The summed E-state index contributed by atoms with van der Waals surface area (Å²) < 4.78 is 5.17. The zero-order valence-corrected chi connectivity index (χ0v) is 22.0. The fourth-order valence-electron chi connectivity index (χ4n) is 4.30. The van der Waals surface area contributed by atoms with E-state index in [1.54, 1.807) is 26.0 Å². The average Bonchev–Trinajstić information content (AvgIpc) is 3.22. The summed E-state index contributed by atoms with van der Waals surface area (Å²) in [5.74, 6) is -1.11. The molecule has 37 heavy (non-hydrogen) atoms. The lowest BCUT2D eigenvalue weighted by molar-refractivity contribution is -0.117. The van der Waals surface area contributed by atoms with Crippen LogP contribution < -0.4 is 10.6 Å². The van der Waals surface area contributed by atoms with Crippen molar-refractivity contribution in [1.29, 1.82) is 0 Å². The van der Waals surface area contributed by atoms with Crippen molar-refractivity contribution in [2.75, 3.05) is 50.0 Å². The normalized spacial score (nSPS) is 14.2. The number of carbonyl (C=O) groups is 3. The molecule has 1 aliphatic rings. The first-order chi connectivity index (χ1) is 17.9. The molecule has 8 nitrogen and oxygen atoms in total. The van der Waals surface area contributed by atoms with Crippen molar-refractivity contribution < 1.29 is 19.1 Å². The number of thiophene rings is 1. The molecule has 4 rings (SSSR count). The summed E-state index contributed by atoms with van der Waals surface area (Å²) in [6.45, 7) is 8.06. The first-order valence-electron chi connectivity index (χ1n) is 12.4. The average molecular weight is 521 g/mol. The Balaban J connectivity index is 1.41. The second kappa shape index (κ2) is 12.6. The fraction of sp³-hybridized carbons (Fsp3) is 0.321. The van der Waals surface area contributed by atoms with Gasteiger partial charge >= 0.3 is 5.97 Å². The van der Waals surface area contributed by atoms with Gasteiger partial charge in [-0.1, -0.05) is 48.5 Å². The minimum atomic E-state index is -0.506. The molecule has 1 saturated heterocycles. The van der Waals surface area contributed by atoms with Crippen LogP contribution in [0.2, 0.25) is 0 Å². The van der Waals surface area contributed by atoms with Crippen molar-refractivity contribution in [2.24, 2.45) is 0 Å². The SMILES string of the molecule is CCOC(=O)c1sc(NC(=O)CN2CCN(Cc3ccccc3)CC2)c(C(=O)Nc2ccccc2)c1C. The highest BCUT2D eigenvalue weighted by atomic mass is 32.1. The van der Waals surface area contributed by atoms with Crippen LogP contribution in [0.3, 0.4) is 0 Å². The molecule has 0 spiro atoms. The zero-order valence-electron chi connectivity index (χ0n) is 21.2. The van der Waals surface area contributed by atoms with Gasteiger partial charge in [0.15, 0.2) is 0 Å². The highest BCUT2D eigenvalue weighted by molar-refractivity contribution is 7.18. The third-order valence-corrected chi connectivity index (χ3v) is 7.39. The topological polar surface area (TPSA) is 91.0 Å². The largest absolute Gasteiger partial charge is 0.462 e. The van der Waals surface area contributed by atoms with Crippen LogP contribution in [0.15, 0.2) is 60.7 Å². The molecular weight excluding hydrogens is 488 g/mol. The predicted octanol–water partition coefficient (Wildman–Crippen LogP) is 4.24. The molecule has 0 saturated carbocycles. The lowest BCUT2D eigenvalue weighted by atomic mass is 10.1. The minimum Gasteiger partial charge on any atom is -0.462 e. The summed E-state index contributed by atoms with van der Waals surface area (Å²) >= 11 is 1.07. The lowest BCUT2D eigenvalue weighted by Gasteiger charge is -2.34. The molecule has 194 valence electrons. The Morgan fingerprint density at radius 3 is 2.16 bits per heavy atom. The molecule has 1 fully saturated rings. The van der Waals surface area contributed by atoms with Gasteiger partial charge in [-0.2, -0.15) is 0 Å². The number of anilines is 2. The Morgan fingerprint density at radius 2 is 1.51 bits per heavy atom. The van der Waals surface area contributed by atoms with Crippen molar-refractivity contribution >= 4 is 39.8 Å². The maximum Gasteiger partial charge on any atom is 0.348 e. The quantitative estimate of drug-likeness (QED) is 0.410. The molecule has 2 heterocycles. The van der Waals surface area contributed by atoms with Crippen LogP contribution in [-0.4, -0.2) is 66.9 Å². The van der Waals surface area contributed by atoms with Gasteiger partial charge in [-0.3, -0.25) is 19.4 Å². The van der Waals surface area contributed by atoms with Gasteiger partial charge in [0.05, 0.1) is 18.7 Å². The van der Waals surface area contributed by atoms with Crippen molar-refractivity contribution in [3.63, 3.8) is 0 Å². The fourth-order valence-corrected chi connectivity index (χ4v) is 5.41. The van der Waals surface area contributed by atoms with Gasteiger partial charge in [0.1, 0.15) is 9.88 Å². The van der Waals surface area contributed by atoms with Crippen LogP contribution in [0.25, 0.3) is 0 Å². The van der Waals surface area contributed by atoms with Crippen LogP contribution in [-0.2, 0) is 16.1 Å². The molecule has 9 heteroatoms. The van der Waals surface area contributed by atoms with Crippen LogP contribution in [0.5, 0.6) is 0 Å². The molecular formula is C28H32N4O4S. The molecule has 3 aromatic rings. The number of hydrogen-bond acceptors (Lipinski definition) is 7. The number of nitrogens with zero attached hydrogens (tertiary/aromatic N) is 2. The molecule has 2 N–H and O–H groups in total. The van der Waals surface area contributed by atoms with E-state index in [0.29, 0.717) is 21.1 Å². The van der Waals surface area contributed by atoms with Gasteiger partial charge in [0.25, 0.3) is 5.91 Å². The summed E-state index contributed by atoms with van der Waals surface area (Å²) in [6.07, 6.45) is 0. The van der Waals surface area contributed by atoms with Gasteiger partial charge in [-0.15, -0.1) is 11.3 Å². The molecule has 2 amide bonds. The van der Waals surface area contributed by atoms with Gasteiger partial charge in [0.2, 0.25) is 5.91 Å². The van der Waals surface area contributed by atoms with E-state index in [0.717, 1.165) is 44.1 Å². The van der Waals surface area contributed by atoms with E-state index in [9.17, 15) is 14.4 Å². The van der Waals surface area contributed by atoms with Crippen molar-refractivity contribution in [1.82, 2.24) is 9.80 Å². The maximum atomic E-state index is 13.2. The Hall–Kier alpha value is -3.53. The molecule has 0 bridgehead atoms. The number of hydrogen-bond donors (Lipinski definition) is 2. The highest BCUT2D eigenvalue weighted by Gasteiger charge is 2.27. The summed E-state index contributed by atoms with van der Waals surface area (Å²) in [5.41, 5.74) is 2.67. The second-order valence-electron chi connectivity index (χ2n) is 8.89. The van der Waals surface area contributed by atoms with Gasteiger partial charge in [-0.05, 0) is 37.1 Å². The number of para-hydroxylation sites is 1. The second-order valence-corrected chi connectivity index (χ2v) is 9.91. The molecule has 2 aromatic carbocycles. The molecule has 0 unspecified atom stereocenters. The first-order valence-corrected chi connectivity index (χ1v) is 13.2. The van der Waals surface area contributed by atoms with E-state index in [-0.39, 0.29) is 30.5 Å². The zero-order chi connectivity index (χ0) is 26.2. The molecule has 0 radical (unpaired) electrons. The summed E-state index contributed by atoms with van der Waals surface area (Å²) in [6, 6.07) is 19.4. The lowest BCUT2D eigenvalue weighted by Crippen LogP contribution is -2.48. The number of esters is 1. The standard InChI is InChI=1S/C28H32N4O4S/c1-3-36-28(35)25-20(2)24(26(34)29-22-12-8-5-9-13-22)27(37-25)30-23(33)19-32-16-14-31(15-17-32)18-21-10-6-4-7-11-21/h4-13H,3,14-19H2,1-2H3,(H,29,34)(H,30,33).